The smallest absolute Gasteiger partial charge is 0.373 e. The first-order valence-electron chi connectivity index (χ1n) is 15.4. The van der Waals surface area contributed by atoms with Crippen molar-refractivity contribution in [3.8, 4) is 0 Å². The topological polar surface area (TPSA) is 143 Å². The Morgan fingerprint density at radius 3 is 2.18 bits per heavy atom. The van der Waals surface area contributed by atoms with Gasteiger partial charge < -0.3 is 34.6 Å². The molecule has 4 N–H and O–H groups in total. The van der Waals surface area contributed by atoms with Crippen LogP contribution in [0.25, 0.3) is 0 Å². The second-order valence-electron chi connectivity index (χ2n) is 12.6. The molecule has 11 atom stereocenters. The number of hydrogen-bond acceptors (Lipinski definition) is 9. The van der Waals surface area contributed by atoms with Crippen molar-refractivity contribution in [3.63, 3.8) is 0 Å². The Hall–Kier alpha value is -2.56. The quantitative estimate of drug-likeness (QED) is 0.208. The molecule has 0 bridgehead atoms. The van der Waals surface area contributed by atoms with Gasteiger partial charge in [0.15, 0.2) is 5.78 Å². The molecule has 0 aromatic heterocycles. The first-order valence-corrected chi connectivity index (χ1v) is 15.4. The van der Waals surface area contributed by atoms with E-state index in [1.807, 2.05) is 27.7 Å². The van der Waals surface area contributed by atoms with E-state index in [0.717, 1.165) is 0 Å². The zero-order valence-corrected chi connectivity index (χ0v) is 28.3. The fraction of sp³-hybridized carbons (Fsp3) is 0.657. The molecule has 0 aromatic carbocycles. The highest BCUT2D eigenvalue weighted by molar-refractivity contribution is 5.92. The van der Waals surface area contributed by atoms with E-state index >= 15 is 0 Å². The van der Waals surface area contributed by atoms with Crippen LogP contribution in [0.3, 0.4) is 0 Å². The molecule has 44 heavy (non-hydrogen) atoms. The summed E-state index contributed by atoms with van der Waals surface area (Å²) in [6, 6.07) is 0. The Morgan fingerprint density at radius 2 is 1.64 bits per heavy atom. The van der Waals surface area contributed by atoms with Crippen LogP contribution in [0.4, 0.5) is 0 Å². The van der Waals surface area contributed by atoms with Crippen LogP contribution >= 0.6 is 0 Å². The molecule has 9 nitrogen and oxygen atoms in total. The van der Waals surface area contributed by atoms with Gasteiger partial charge in [0.2, 0.25) is 5.76 Å². The van der Waals surface area contributed by atoms with Crippen molar-refractivity contribution in [1.29, 1.82) is 0 Å². The Labute approximate surface area is 264 Å². The number of carbonyl (C=O) groups excluding carboxylic acids is 2. The van der Waals surface area contributed by atoms with Crippen LogP contribution in [-0.4, -0.2) is 83.0 Å². The minimum Gasteiger partial charge on any atom is -0.490 e. The van der Waals surface area contributed by atoms with Gasteiger partial charge in [-0.25, -0.2) is 4.79 Å². The fourth-order valence-corrected chi connectivity index (χ4v) is 5.38. The molecule has 0 aromatic rings. The van der Waals surface area contributed by atoms with Crippen LogP contribution in [0.2, 0.25) is 0 Å². The normalized spacial score (nSPS) is 33.9. The molecule has 1 unspecified atom stereocenters. The summed E-state index contributed by atoms with van der Waals surface area (Å²) in [6.45, 7) is 16.0. The molecule has 1 aliphatic heterocycles. The molecular formula is C35H56O9. The zero-order chi connectivity index (χ0) is 33.9. The van der Waals surface area contributed by atoms with Crippen molar-refractivity contribution < 1.29 is 44.2 Å². The van der Waals surface area contributed by atoms with Crippen LogP contribution in [0.1, 0.15) is 62.3 Å². The number of aliphatic hydroxyl groups excluding tert-OH is 4. The predicted octanol–water partition coefficient (Wildman–Crippen LogP) is 4.31. The average Bonchev–Trinajstić information content (AvgIpc) is 2.99. The highest BCUT2D eigenvalue weighted by atomic mass is 16.6. The first kappa shape index (κ1) is 39.5. The molecule has 1 rings (SSSR count). The summed E-state index contributed by atoms with van der Waals surface area (Å²) in [5.41, 5.74) is 1.26. The van der Waals surface area contributed by atoms with Crippen LogP contribution < -0.4 is 0 Å². The Morgan fingerprint density at radius 1 is 1.02 bits per heavy atom. The molecule has 0 aliphatic carbocycles. The molecule has 0 saturated carbocycles. The van der Waals surface area contributed by atoms with Crippen molar-refractivity contribution in [2.75, 3.05) is 14.2 Å². The molecule has 0 spiro atoms. The van der Waals surface area contributed by atoms with E-state index in [0.29, 0.717) is 11.1 Å². The Balaban J connectivity index is 3.52. The monoisotopic (exact) mass is 620 g/mol. The molecule has 0 amide bonds. The van der Waals surface area contributed by atoms with E-state index in [1.165, 1.54) is 26.4 Å². The second-order valence-corrected chi connectivity index (χ2v) is 12.6. The summed E-state index contributed by atoms with van der Waals surface area (Å²) in [5.74, 6) is -3.86. The molecule has 9 heteroatoms. The van der Waals surface area contributed by atoms with Gasteiger partial charge in [0, 0.05) is 36.7 Å². The zero-order valence-electron chi connectivity index (χ0n) is 28.3. The third-order valence-electron chi connectivity index (χ3n) is 8.65. The van der Waals surface area contributed by atoms with Gasteiger partial charge in [-0.1, -0.05) is 84.4 Å². The van der Waals surface area contributed by atoms with Gasteiger partial charge in [-0.15, -0.1) is 0 Å². The van der Waals surface area contributed by atoms with E-state index < -0.39 is 60.3 Å². The number of methoxy groups -OCH3 is 2. The maximum absolute atomic E-state index is 13.4. The van der Waals surface area contributed by atoms with Gasteiger partial charge >= 0.3 is 5.97 Å². The number of ketones is 1. The van der Waals surface area contributed by atoms with Gasteiger partial charge in [-0.2, -0.15) is 0 Å². The van der Waals surface area contributed by atoms with Gasteiger partial charge in [0.05, 0.1) is 31.5 Å². The second kappa shape index (κ2) is 18.4. The lowest BCUT2D eigenvalue weighted by Crippen LogP contribution is -2.45. The van der Waals surface area contributed by atoms with E-state index in [1.54, 1.807) is 65.0 Å². The molecule has 1 aliphatic rings. The molecule has 250 valence electrons. The van der Waals surface area contributed by atoms with Crippen LogP contribution in [-0.2, 0) is 23.8 Å². The summed E-state index contributed by atoms with van der Waals surface area (Å²) in [6.07, 6.45) is 5.86. The van der Waals surface area contributed by atoms with Gasteiger partial charge in [-0.3, -0.25) is 4.79 Å². The van der Waals surface area contributed by atoms with Gasteiger partial charge in [0.25, 0.3) is 0 Å². The van der Waals surface area contributed by atoms with Crippen molar-refractivity contribution >= 4 is 11.8 Å². The summed E-state index contributed by atoms with van der Waals surface area (Å²) in [4.78, 5) is 26.4. The van der Waals surface area contributed by atoms with Crippen molar-refractivity contribution in [2.24, 2.45) is 35.5 Å². The molecule has 0 fully saturated rings. The summed E-state index contributed by atoms with van der Waals surface area (Å²) in [7, 11) is 2.78. The van der Waals surface area contributed by atoms with Crippen LogP contribution in [0.15, 0.2) is 59.4 Å². The average molecular weight is 621 g/mol. The maximum atomic E-state index is 13.4. The number of cyclic esters (lactones) is 1. The minimum atomic E-state index is -1.22. The van der Waals surface area contributed by atoms with E-state index in [2.05, 4.69) is 0 Å². The van der Waals surface area contributed by atoms with Crippen LogP contribution in [0, 0.1) is 35.5 Å². The summed E-state index contributed by atoms with van der Waals surface area (Å²) >= 11 is 0. The lowest BCUT2D eigenvalue weighted by molar-refractivity contribution is -0.162. The SMILES string of the molecule is CO/C1=C\C(C)=C\[C@@H](C)[C@@H](O)[C@@H](C)C(O)/C(C)=C/C=C/[C@H](OC)[C@@H]([C@@H](C)[C@@H](O)[C@H](C)C(=O)/C=C/[C@H](C)[C@H](O)C(C)C)OC1=O. The lowest BCUT2D eigenvalue weighted by Gasteiger charge is -2.33. The molecule has 1 heterocycles. The number of rotatable bonds is 10. The third-order valence-corrected chi connectivity index (χ3v) is 8.65. The van der Waals surface area contributed by atoms with Crippen molar-refractivity contribution in [3.05, 3.63) is 59.4 Å². The Kier molecular flexibility index (Phi) is 16.5. The number of esters is 1. The third kappa shape index (κ3) is 11.1. The molecule has 0 radical (unpaired) electrons. The minimum absolute atomic E-state index is 0.0238. The highest BCUT2D eigenvalue weighted by Crippen LogP contribution is 2.27. The Bertz CT molecular complexity index is 1090. The standard InChI is InChI=1S/C35H56O9/c1-19(2)30(37)22(5)15-16-27(36)24(7)33(40)26(9)34-28(42-10)14-12-13-21(4)31(38)25(8)32(39)23(6)17-20(3)18-29(43-11)35(41)44-34/h12-19,22-26,28,30-34,37-40H,1-11H3/b14-12+,16-15+,20-17+,21-13+,29-18-/t22-,23+,24+,25-,26-,28-,30+,31?,32+,33-,34+/m0/s1. The highest BCUT2D eigenvalue weighted by Gasteiger charge is 2.38. The van der Waals surface area contributed by atoms with Gasteiger partial charge in [0.1, 0.15) is 12.2 Å². The largest absolute Gasteiger partial charge is 0.490 e. The van der Waals surface area contributed by atoms with Crippen molar-refractivity contribution in [2.45, 2.75) is 98.9 Å². The van der Waals surface area contributed by atoms with Crippen molar-refractivity contribution in [1.82, 2.24) is 0 Å². The molecular weight excluding hydrogens is 564 g/mol. The number of allylic oxidation sites excluding steroid dienone is 5. The first-order chi connectivity index (χ1) is 20.5. The van der Waals surface area contributed by atoms with E-state index in [9.17, 15) is 30.0 Å². The summed E-state index contributed by atoms with van der Waals surface area (Å²) in [5, 5.41) is 43.4. The number of ether oxygens (including phenoxy) is 3. The van der Waals surface area contributed by atoms with Crippen LogP contribution in [0.5, 0.6) is 0 Å². The predicted molar refractivity (Wildman–Crippen MR) is 171 cm³/mol. The number of carbonyl (C=O) groups is 2. The van der Waals surface area contributed by atoms with E-state index in [-0.39, 0.29) is 29.3 Å². The van der Waals surface area contributed by atoms with Gasteiger partial charge in [-0.05, 0) is 37.5 Å². The number of aliphatic hydroxyl groups is 4. The maximum Gasteiger partial charge on any atom is 0.373 e. The lowest BCUT2D eigenvalue weighted by atomic mass is 9.84. The fourth-order valence-electron chi connectivity index (χ4n) is 5.38. The van der Waals surface area contributed by atoms with E-state index in [4.69, 9.17) is 14.2 Å². The number of hydrogen-bond donors (Lipinski definition) is 4. The molecule has 0 saturated heterocycles. The summed E-state index contributed by atoms with van der Waals surface area (Å²) < 4.78 is 17.0.